The number of rotatable bonds is 3. The van der Waals surface area contributed by atoms with Gasteiger partial charge >= 0.3 is 5.97 Å². The largest absolute Gasteiger partial charge is 0.478 e. The van der Waals surface area contributed by atoms with E-state index < -0.39 is 5.97 Å². The summed E-state index contributed by atoms with van der Waals surface area (Å²) in [5, 5.41) is 10.3. The third kappa shape index (κ3) is 3.41. The second-order valence-electron chi connectivity index (χ2n) is 4.40. The van der Waals surface area contributed by atoms with Gasteiger partial charge in [0.25, 0.3) is 0 Å². The van der Waals surface area contributed by atoms with E-state index in [1.54, 1.807) is 36.4 Å². The molecular weight excluding hydrogens is 295 g/mol. The molecule has 4 heteroatoms. The van der Waals surface area contributed by atoms with Gasteiger partial charge in [-0.25, -0.2) is 4.79 Å². The first-order valence-corrected chi connectivity index (χ1v) is 6.70. The van der Waals surface area contributed by atoms with Crippen molar-refractivity contribution in [1.29, 1.82) is 0 Å². The lowest BCUT2D eigenvalue weighted by Crippen LogP contribution is -1.99. The zero-order valence-corrected chi connectivity index (χ0v) is 12.2. The summed E-state index contributed by atoms with van der Waals surface area (Å²) in [4.78, 5) is 11.4. The van der Waals surface area contributed by atoms with Gasteiger partial charge in [-0.2, -0.15) is 0 Å². The van der Waals surface area contributed by atoms with Crippen LogP contribution in [0.1, 0.15) is 16.7 Å². The van der Waals surface area contributed by atoms with Crippen molar-refractivity contribution >= 4 is 40.8 Å². The molecule has 0 unspecified atom stereocenters. The second-order valence-corrected chi connectivity index (χ2v) is 5.24. The zero-order valence-electron chi connectivity index (χ0n) is 10.7. The average molecular weight is 307 g/mol. The highest BCUT2D eigenvalue weighted by Crippen LogP contribution is 2.26. The topological polar surface area (TPSA) is 37.3 Å². The maximum Gasteiger partial charge on any atom is 0.336 e. The first-order chi connectivity index (χ1) is 9.47. The SMILES string of the molecule is Cc1ccc(/C(=C/c2ccc(Cl)cc2Cl)C(=O)O)cc1. The lowest BCUT2D eigenvalue weighted by Gasteiger charge is -2.05. The van der Waals surface area contributed by atoms with E-state index in [-0.39, 0.29) is 5.57 Å². The summed E-state index contributed by atoms with van der Waals surface area (Å²) in [5.41, 5.74) is 2.51. The number of halogens is 2. The Morgan fingerprint density at radius 3 is 2.30 bits per heavy atom. The van der Waals surface area contributed by atoms with Crippen molar-refractivity contribution in [3.8, 4) is 0 Å². The molecule has 102 valence electrons. The van der Waals surface area contributed by atoms with Crippen LogP contribution in [0.25, 0.3) is 11.6 Å². The number of aliphatic carboxylic acids is 1. The standard InChI is InChI=1S/C16H12Cl2O2/c1-10-2-4-11(5-3-10)14(16(19)20)8-12-6-7-13(17)9-15(12)18/h2-9H,1H3,(H,19,20)/b14-8-. The van der Waals surface area contributed by atoms with Crippen LogP contribution in [0, 0.1) is 6.92 Å². The summed E-state index contributed by atoms with van der Waals surface area (Å²) < 4.78 is 0. The minimum Gasteiger partial charge on any atom is -0.478 e. The number of carboxylic acid groups (broad SMARTS) is 1. The van der Waals surface area contributed by atoms with Gasteiger partial charge in [0.1, 0.15) is 0 Å². The maximum absolute atomic E-state index is 11.4. The van der Waals surface area contributed by atoms with E-state index >= 15 is 0 Å². The Bertz CT molecular complexity index is 673. The number of carboxylic acids is 1. The van der Waals surface area contributed by atoms with E-state index in [0.717, 1.165) is 5.56 Å². The van der Waals surface area contributed by atoms with E-state index in [9.17, 15) is 9.90 Å². The van der Waals surface area contributed by atoms with Crippen LogP contribution in [0.15, 0.2) is 42.5 Å². The zero-order chi connectivity index (χ0) is 14.7. The molecule has 0 aliphatic rings. The molecule has 0 aliphatic carbocycles. The highest BCUT2D eigenvalue weighted by Gasteiger charge is 2.11. The summed E-state index contributed by atoms with van der Waals surface area (Å²) in [5.74, 6) is -1.00. The molecule has 0 heterocycles. The Morgan fingerprint density at radius 1 is 1.10 bits per heavy atom. The maximum atomic E-state index is 11.4. The summed E-state index contributed by atoms with van der Waals surface area (Å²) in [6.45, 7) is 1.95. The van der Waals surface area contributed by atoms with E-state index in [4.69, 9.17) is 23.2 Å². The average Bonchev–Trinajstić information content (AvgIpc) is 2.39. The van der Waals surface area contributed by atoms with Gasteiger partial charge in [-0.05, 0) is 36.3 Å². The van der Waals surface area contributed by atoms with Crippen molar-refractivity contribution in [2.24, 2.45) is 0 Å². The molecule has 0 fully saturated rings. The molecule has 0 radical (unpaired) electrons. The van der Waals surface area contributed by atoms with Crippen LogP contribution in [0.3, 0.4) is 0 Å². The molecule has 2 aromatic rings. The lowest BCUT2D eigenvalue weighted by molar-refractivity contribution is -0.130. The minimum atomic E-state index is -1.00. The molecule has 2 aromatic carbocycles. The smallest absolute Gasteiger partial charge is 0.336 e. The highest BCUT2D eigenvalue weighted by atomic mass is 35.5. The molecule has 2 rings (SSSR count). The van der Waals surface area contributed by atoms with E-state index in [2.05, 4.69) is 0 Å². The summed E-state index contributed by atoms with van der Waals surface area (Å²) >= 11 is 11.9. The third-order valence-corrected chi connectivity index (χ3v) is 3.42. The van der Waals surface area contributed by atoms with Crippen molar-refractivity contribution in [3.05, 3.63) is 69.2 Å². The molecule has 20 heavy (non-hydrogen) atoms. The van der Waals surface area contributed by atoms with Gasteiger partial charge in [-0.3, -0.25) is 0 Å². The van der Waals surface area contributed by atoms with Crippen molar-refractivity contribution < 1.29 is 9.90 Å². The van der Waals surface area contributed by atoms with E-state index in [1.165, 1.54) is 0 Å². The summed E-state index contributed by atoms with van der Waals surface area (Å²) in [6.07, 6.45) is 1.55. The van der Waals surface area contributed by atoms with Crippen LogP contribution < -0.4 is 0 Å². The second kappa shape index (κ2) is 6.12. The Balaban J connectivity index is 2.50. The van der Waals surface area contributed by atoms with Gasteiger partial charge in [-0.1, -0.05) is 59.1 Å². The van der Waals surface area contributed by atoms with Crippen molar-refractivity contribution in [3.63, 3.8) is 0 Å². The number of hydrogen-bond donors (Lipinski definition) is 1. The Morgan fingerprint density at radius 2 is 1.75 bits per heavy atom. The van der Waals surface area contributed by atoms with Crippen LogP contribution >= 0.6 is 23.2 Å². The molecular formula is C16H12Cl2O2. The fourth-order valence-corrected chi connectivity index (χ4v) is 2.24. The van der Waals surface area contributed by atoms with Gasteiger partial charge in [0.05, 0.1) is 5.57 Å². The fraction of sp³-hybridized carbons (Fsp3) is 0.0625. The molecule has 0 aromatic heterocycles. The monoisotopic (exact) mass is 306 g/mol. The molecule has 0 spiro atoms. The van der Waals surface area contributed by atoms with Crippen LogP contribution in [0.2, 0.25) is 10.0 Å². The molecule has 2 nitrogen and oxygen atoms in total. The van der Waals surface area contributed by atoms with Crippen molar-refractivity contribution in [2.45, 2.75) is 6.92 Å². The Kier molecular flexibility index (Phi) is 4.48. The van der Waals surface area contributed by atoms with Crippen molar-refractivity contribution in [1.82, 2.24) is 0 Å². The van der Waals surface area contributed by atoms with Gasteiger partial charge < -0.3 is 5.11 Å². The molecule has 0 amide bonds. The van der Waals surface area contributed by atoms with Crippen LogP contribution in [-0.2, 0) is 4.79 Å². The minimum absolute atomic E-state index is 0.189. The number of hydrogen-bond acceptors (Lipinski definition) is 1. The highest BCUT2D eigenvalue weighted by molar-refractivity contribution is 6.36. The van der Waals surface area contributed by atoms with E-state index in [0.29, 0.717) is 21.2 Å². The van der Waals surface area contributed by atoms with Crippen LogP contribution in [0.5, 0.6) is 0 Å². The first kappa shape index (κ1) is 14.6. The van der Waals surface area contributed by atoms with Crippen molar-refractivity contribution in [2.75, 3.05) is 0 Å². The Labute approximate surface area is 127 Å². The van der Waals surface area contributed by atoms with Crippen LogP contribution in [-0.4, -0.2) is 11.1 Å². The van der Waals surface area contributed by atoms with Gasteiger partial charge in [0, 0.05) is 10.0 Å². The van der Waals surface area contributed by atoms with Crippen LogP contribution in [0.4, 0.5) is 0 Å². The first-order valence-electron chi connectivity index (χ1n) is 5.94. The molecule has 1 N–H and O–H groups in total. The number of benzene rings is 2. The third-order valence-electron chi connectivity index (χ3n) is 2.86. The summed E-state index contributed by atoms with van der Waals surface area (Å²) in [6, 6.07) is 12.3. The normalized spacial score (nSPS) is 11.4. The molecule has 0 bridgehead atoms. The van der Waals surface area contributed by atoms with Gasteiger partial charge in [0.2, 0.25) is 0 Å². The van der Waals surface area contributed by atoms with E-state index in [1.807, 2.05) is 19.1 Å². The van der Waals surface area contributed by atoms with Gasteiger partial charge in [0.15, 0.2) is 0 Å². The molecule has 0 aliphatic heterocycles. The predicted octanol–water partition coefficient (Wildman–Crippen LogP) is 4.93. The summed E-state index contributed by atoms with van der Waals surface area (Å²) in [7, 11) is 0. The molecule has 0 saturated carbocycles. The number of carbonyl (C=O) groups is 1. The van der Waals surface area contributed by atoms with Gasteiger partial charge in [-0.15, -0.1) is 0 Å². The molecule has 0 atom stereocenters. The fourth-order valence-electron chi connectivity index (χ4n) is 1.78. The lowest BCUT2D eigenvalue weighted by atomic mass is 10.0. The quantitative estimate of drug-likeness (QED) is 0.645. The predicted molar refractivity (Wildman–Crippen MR) is 83.1 cm³/mol. The molecule has 0 saturated heterocycles. The Hall–Kier alpha value is -1.77. The number of aryl methyl sites for hydroxylation is 1.